The molecule has 2 aromatic carbocycles. The summed E-state index contributed by atoms with van der Waals surface area (Å²) in [6.07, 6.45) is -0.344. The van der Waals surface area contributed by atoms with Gasteiger partial charge in [-0.05, 0) is 56.2 Å². The first kappa shape index (κ1) is 23.8. The molecule has 0 unspecified atom stereocenters. The van der Waals surface area contributed by atoms with Crippen molar-refractivity contribution >= 4 is 28.7 Å². The first-order chi connectivity index (χ1) is 15.8. The Bertz CT molecular complexity index is 1200. The Labute approximate surface area is 192 Å². The lowest BCUT2D eigenvalue weighted by Crippen LogP contribution is -2.25. The average Bonchev–Trinajstić information content (AvgIpc) is 2.80. The van der Waals surface area contributed by atoms with Crippen LogP contribution in [0.2, 0.25) is 0 Å². The highest BCUT2D eigenvalue weighted by molar-refractivity contribution is 5.92. The van der Waals surface area contributed by atoms with E-state index in [1.54, 1.807) is 24.3 Å². The molecule has 3 rings (SSSR count). The molecular weight excluding hydrogens is 422 g/mol. The third-order valence-corrected chi connectivity index (χ3v) is 5.66. The fourth-order valence-electron chi connectivity index (χ4n) is 3.72. The Morgan fingerprint density at radius 2 is 1.79 bits per heavy atom. The highest BCUT2D eigenvalue weighted by atomic mass is 16.5. The van der Waals surface area contributed by atoms with E-state index in [1.165, 1.54) is 0 Å². The van der Waals surface area contributed by atoms with Crippen molar-refractivity contribution in [3.05, 3.63) is 75.1 Å². The zero-order valence-electron chi connectivity index (χ0n) is 19.1. The van der Waals surface area contributed by atoms with Crippen LogP contribution in [0.4, 0.5) is 10.5 Å². The second-order valence-corrected chi connectivity index (χ2v) is 7.65. The molecule has 1 aromatic heterocycles. The van der Waals surface area contributed by atoms with Gasteiger partial charge in [0.15, 0.2) is 0 Å². The maximum Gasteiger partial charge on any atom is 0.407 e. The molecule has 0 spiro atoms. The largest absolute Gasteiger partial charge is 0.449 e. The van der Waals surface area contributed by atoms with Crippen LogP contribution in [0.25, 0.3) is 11.0 Å². The number of nitrogens with zero attached hydrogens (tertiary/aromatic N) is 1. The van der Waals surface area contributed by atoms with Gasteiger partial charge in [-0.3, -0.25) is 4.79 Å². The lowest BCUT2D eigenvalue weighted by atomic mass is 10.0. The SMILES string of the molecule is CCN(CC)c1ccc2c(C)c(CCOC(=O)NCc3ccc(C(N)=O)cc3)c(=O)oc2c1. The topological polar surface area (TPSA) is 115 Å². The summed E-state index contributed by atoms with van der Waals surface area (Å²) in [6, 6.07) is 12.5. The third-order valence-electron chi connectivity index (χ3n) is 5.66. The zero-order valence-corrected chi connectivity index (χ0v) is 19.1. The predicted molar refractivity (Wildman–Crippen MR) is 128 cm³/mol. The highest BCUT2D eigenvalue weighted by Crippen LogP contribution is 2.25. The number of nitrogens with one attached hydrogen (secondary N) is 1. The number of alkyl carbamates (subject to hydrolysis) is 1. The fourth-order valence-corrected chi connectivity index (χ4v) is 3.72. The van der Waals surface area contributed by atoms with E-state index >= 15 is 0 Å². The molecule has 174 valence electrons. The van der Waals surface area contributed by atoms with Crippen LogP contribution in [0.1, 0.15) is 40.9 Å². The Morgan fingerprint density at radius 3 is 2.42 bits per heavy atom. The van der Waals surface area contributed by atoms with E-state index in [9.17, 15) is 14.4 Å². The molecule has 8 heteroatoms. The van der Waals surface area contributed by atoms with E-state index in [1.807, 2.05) is 25.1 Å². The van der Waals surface area contributed by atoms with Gasteiger partial charge in [0.1, 0.15) is 5.58 Å². The first-order valence-electron chi connectivity index (χ1n) is 10.9. The molecule has 2 amide bonds. The Hall–Kier alpha value is -3.81. The van der Waals surface area contributed by atoms with Gasteiger partial charge >= 0.3 is 11.7 Å². The third kappa shape index (κ3) is 5.71. The lowest BCUT2D eigenvalue weighted by molar-refractivity contribution is 0.1000. The van der Waals surface area contributed by atoms with Gasteiger partial charge in [0, 0.05) is 54.3 Å². The molecule has 1 heterocycles. The van der Waals surface area contributed by atoms with Crippen molar-refractivity contribution in [2.75, 3.05) is 24.6 Å². The summed E-state index contributed by atoms with van der Waals surface area (Å²) < 4.78 is 10.8. The number of carbonyl (C=O) groups is 2. The highest BCUT2D eigenvalue weighted by Gasteiger charge is 2.14. The van der Waals surface area contributed by atoms with E-state index in [0.717, 1.165) is 35.3 Å². The summed E-state index contributed by atoms with van der Waals surface area (Å²) in [6.45, 7) is 8.04. The van der Waals surface area contributed by atoms with Crippen molar-refractivity contribution < 1.29 is 18.7 Å². The molecule has 0 saturated heterocycles. The summed E-state index contributed by atoms with van der Waals surface area (Å²) in [5.41, 5.74) is 8.86. The minimum Gasteiger partial charge on any atom is -0.449 e. The van der Waals surface area contributed by atoms with Gasteiger partial charge in [-0.1, -0.05) is 12.1 Å². The summed E-state index contributed by atoms with van der Waals surface area (Å²) >= 11 is 0. The van der Waals surface area contributed by atoms with Gasteiger partial charge in [0.05, 0.1) is 6.61 Å². The van der Waals surface area contributed by atoms with Crippen molar-refractivity contribution in [3.63, 3.8) is 0 Å². The second-order valence-electron chi connectivity index (χ2n) is 7.65. The number of fused-ring (bicyclic) bond motifs is 1. The van der Waals surface area contributed by atoms with Gasteiger partial charge in [0.25, 0.3) is 0 Å². The first-order valence-corrected chi connectivity index (χ1v) is 10.9. The molecular formula is C25H29N3O5. The van der Waals surface area contributed by atoms with Crippen molar-refractivity contribution in [2.24, 2.45) is 5.73 Å². The molecule has 3 N–H and O–H groups in total. The van der Waals surface area contributed by atoms with E-state index in [0.29, 0.717) is 16.7 Å². The Kier molecular flexibility index (Phi) is 7.71. The number of benzene rings is 2. The zero-order chi connectivity index (χ0) is 24.0. The van der Waals surface area contributed by atoms with Gasteiger partial charge in [0.2, 0.25) is 5.91 Å². The molecule has 0 radical (unpaired) electrons. The number of aryl methyl sites for hydroxylation is 1. The van der Waals surface area contributed by atoms with Gasteiger partial charge in [-0.25, -0.2) is 9.59 Å². The predicted octanol–water partition coefficient (Wildman–Crippen LogP) is 3.52. The van der Waals surface area contributed by atoms with Crippen LogP contribution in [0.15, 0.2) is 51.7 Å². The molecule has 0 saturated carbocycles. The number of anilines is 1. The number of carbonyl (C=O) groups excluding carboxylic acids is 2. The van der Waals surface area contributed by atoms with E-state index in [-0.39, 0.29) is 19.6 Å². The number of rotatable bonds is 9. The van der Waals surface area contributed by atoms with E-state index in [4.69, 9.17) is 14.9 Å². The van der Waals surface area contributed by atoms with Crippen molar-refractivity contribution in [1.82, 2.24) is 5.32 Å². The van der Waals surface area contributed by atoms with Gasteiger partial charge < -0.3 is 25.1 Å². The molecule has 8 nitrogen and oxygen atoms in total. The maximum absolute atomic E-state index is 12.6. The smallest absolute Gasteiger partial charge is 0.407 e. The fraction of sp³-hybridized carbons (Fsp3) is 0.320. The Morgan fingerprint density at radius 1 is 1.09 bits per heavy atom. The van der Waals surface area contributed by atoms with Crippen LogP contribution < -0.4 is 21.6 Å². The quantitative estimate of drug-likeness (QED) is 0.481. The van der Waals surface area contributed by atoms with E-state index in [2.05, 4.69) is 24.1 Å². The van der Waals surface area contributed by atoms with Crippen LogP contribution in [0.3, 0.4) is 0 Å². The molecule has 0 fully saturated rings. The van der Waals surface area contributed by atoms with Gasteiger partial charge in [-0.15, -0.1) is 0 Å². The molecule has 33 heavy (non-hydrogen) atoms. The summed E-state index contributed by atoms with van der Waals surface area (Å²) in [4.78, 5) is 37.9. The van der Waals surface area contributed by atoms with Gasteiger partial charge in [-0.2, -0.15) is 0 Å². The molecule has 0 aliphatic rings. The van der Waals surface area contributed by atoms with Crippen LogP contribution in [-0.2, 0) is 17.7 Å². The lowest BCUT2D eigenvalue weighted by Gasteiger charge is -2.21. The number of nitrogens with two attached hydrogens (primary N) is 1. The summed E-state index contributed by atoms with van der Waals surface area (Å²) in [5, 5.41) is 3.50. The number of primary amides is 1. The van der Waals surface area contributed by atoms with Crippen molar-refractivity contribution in [1.29, 1.82) is 0 Å². The number of hydrogen-bond acceptors (Lipinski definition) is 6. The number of hydrogen-bond donors (Lipinski definition) is 2. The second kappa shape index (κ2) is 10.7. The van der Waals surface area contributed by atoms with Crippen molar-refractivity contribution in [2.45, 2.75) is 33.7 Å². The standard InChI is InChI=1S/C25H29N3O5/c1-4-28(5-2)19-10-11-20-16(3)21(24(30)33-22(20)14-19)12-13-32-25(31)27-15-17-6-8-18(9-7-17)23(26)29/h6-11,14H,4-5,12-13,15H2,1-3H3,(H2,26,29)(H,27,31). The molecule has 0 aliphatic carbocycles. The van der Waals surface area contributed by atoms with Crippen LogP contribution in [0, 0.1) is 6.92 Å². The van der Waals surface area contributed by atoms with E-state index < -0.39 is 17.6 Å². The summed E-state index contributed by atoms with van der Waals surface area (Å²) in [5.74, 6) is -0.508. The maximum atomic E-state index is 12.6. The minimum atomic E-state index is -0.597. The molecule has 0 aliphatic heterocycles. The minimum absolute atomic E-state index is 0.0427. The molecule has 0 bridgehead atoms. The monoisotopic (exact) mass is 451 g/mol. The van der Waals surface area contributed by atoms with Crippen LogP contribution in [0.5, 0.6) is 0 Å². The van der Waals surface area contributed by atoms with Crippen LogP contribution >= 0.6 is 0 Å². The number of ether oxygens (including phenoxy) is 1. The average molecular weight is 452 g/mol. The summed E-state index contributed by atoms with van der Waals surface area (Å²) in [7, 11) is 0. The normalized spacial score (nSPS) is 10.8. The molecule has 0 atom stereocenters. The Balaban J connectivity index is 1.60. The van der Waals surface area contributed by atoms with Crippen LogP contribution in [-0.4, -0.2) is 31.7 Å². The van der Waals surface area contributed by atoms with Crippen molar-refractivity contribution in [3.8, 4) is 0 Å². The molecule has 3 aromatic rings. The number of amides is 2.